The van der Waals surface area contributed by atoms with Gasteiger partial charge in [-0.25, -0.2) is 13.2 Å². The number of benzene rings is 2. The predicted octanol–water partition coefficient (Wildman–Crippen LogP) is 2.37. The van der Waals surface area contributed by atoms with Crippen LogP contribution in [0.3, 0.4) is 0 Å². The number of nitrogens with one attached hydrogen (secondary N) is 2. The van der Waals surface area contributed by atoms with Gasteiger partial charge in [-0.15, -0.1) is 0 Å². The number of aliphatic hydroxyl groups is 1. The van der Waals surface area contributed by atoms with E-state index in [1.165, 1.54) is 4.90 Å². The molecule has 0 saturated carbocycles. The van der Waals surface area contributed by atoms with Crippen LogP contribution in [0.15, 0.2) is 48.5 Å². The molecule has 0 saturated heterocycles. The quantitative estimate of drug-likeness (QED) is 0.516. The van der Waals surface area contributed by atoms with Gasteiger partial charge in [0.2, 0.25) is 15.9 Å². The fourth-order valence-corrected chi connectivity index (χ4v) is 4.57. The first-order valence-electron chi connectivity index (χ1n) is 11.7. The fraction of sp³-hybridized carbons (Fsp3) is 0.440. The van der Waals surface area contributed by atoms with Gasteiger partial charge in [0.15, 0.2) is 0 Å². The van der Waals surface area contributed by atoms with Crippen LogP contribution in [-0.2, 0) is 21.2 Å². The maximum absolute atomic E-state index is 13.2. The van der Waals surface area contributed by atoms with E-state index in [4.69, 9.17) is 4.74 Å². The molecule has 3 amide bonds. The van der Waals surface area contributed by atoms with E-state index in [0.717, 1.165) is 6.26 Å². The molecule has 11 heteroatoms. The van der Waals surface area contributed by atoms with Crippen molar-refractivity contribution in [1.82, 2.24) is 9.80 Å². The Morgan fingerprint density at radius 3 is 2.56 bits per heavy atom. The van der Waals surface area contributed by atoms with Crippen molar-refractivity contribution in [1.29, 1.82) is 0 Å². The van der Waals surface area contributed by atoms with Gasteiger partial charge < -0.3 is 25.0 Å². The summed E-state index contributed by atoms with van der Waals surface area (Å²) < 4.78 is 32.2. The number of hydrogen-bond acceptors (Lipinski definition) is 6. The highest BCUT2D eigenvalue weighted by molar-refractivity contribution is 7.92. The number of amides is 3. The predicted molar refractivity (Wildman–Crippen MR) is 139 cm³/mol. The van der Waals surface area contributed by atoms with E-state index in [9.17, 15) is 23.1 Å². The van der Waals surface area contributed by atoms with Crippen molar-refractivity contribution in [2.75, 3.05) is 43.0 Å². The van der Waals surface area contributed by atoms with Gasteiger partial charge in [0.25, 0.3) is 0 Å². The van der Waals surface area contributed by atoms with Gasteiger partial charge in [-0.05, 0) is 37.3 Å². The molecule has 3 rings (SSSR count). The molecule has 0 fully saturated rings. The van der Waals surface area contributed by atoms with Gasteiger partial charge in [-0.3, -0.25) is 9.52 Å². The molecule has 1 aliphatic rings. The SMILES string of the molecule is C[C@H]1CN([C@@H](C)CO)C(=O)Cc2cc(NS(C)(=O)=O)ccc2O[C@@H]1CN(C)C(=O)Nc1ccccc1. The number of likely N-dealkylation sites (N-methyl/N-ethyl adjacent to an activating group) is 1. The topological polar surface area (TPSA) is 128 Å². The van der Waals surface area contributed by atoms with Crippen molar-refractivity contribution in [3.8, 4) is 5.75 Å². The Balaban J connectivity index is 1.90. The molecule has 3 N–H and O–H groups in total. The standard InChI is InChI=1S/C25H34N4O6S/c1-17-14-29(18(2)16-30)24(31)13-19-12-21(27-36(4,33)34)10-11-22(19)35-23(17)15-28(3)25(32)26-20-8-6-5-7-9-20/h5-12,17-18,23,27,30H,13-16H2,1-4H3,(H,26,32)/t17-,18-,23+/m0/s1. The zero-order chi connectivity index (χ0) is 26.5. The van der Waals surface area contributed by atoms with Crippen molar-refractivity contribution in [2.24, 2.45) is 5.92 Å². The van der Waals surface area contributed by atoms with E-state index in [-0.39, 0.29) is 37.4 Å². The lowest BCUT2D eigenvalue weighted by Crippen LogP contribution is -2.48. The number of carbonyl (C=O) groups excluding carboxylic acids is 2. The molecule has 0 radical (unpaired) electrons. The summed E-state index contributed by atoms with van der Waals surface area (Å²) >= 11 is 0. The molecule has 2 aromatic carbocycles. The first-order valence-corrected chi connectivity index (χ1v) is 13.6. The highest BCUT2D eigenvalue weighted by atomic mass is 32.2. The summed E-state index contributed by atoms with van der Waals surface area (Å²) in [5, 5.41) is 12.6. The molecule has 0 unspecified atom stereocenters. The lowest BCUT2D eigenvalue weighted by molar-refractivity contribution is -0.134. The number of rotatable bonds is 7. The van der Waals surface area contributed by atoms with E-state index in [1.54, 1.807) is 49.2 Å². The maximum Gasteiger partial charge on any atom is 0.321 e. The third kappa shape index (κ3) is 7.34. The minimum absolute atomic E-state index is 0.0251. The first-order chi connectivity index (χ1) is 17.0. The summed E-state index contributed by atoms with van der Waals surface area (Å²) in [5.74, 6) is 0.0462. The molecule has 0 aliphatic carbocycles. The van der Waals surface area contributed by atoms with E-state index in [2.05, 4.69) is 10.0 Å². The van der Waals surface area contributed by atoms with Crippen LogP contribution in [0.5, 0.6) is 5.75 Å². The lowest BCUT2D eigenvalue weighted by atomic mass is 10.0. The van der Waals surface area contributed by atoms with E-state index in [1.807, 2.05) is 25.1 Å². The van der Waals surface area contributed by atoms with Crippen LogP contribution in [-0.4, -0.2) is 80.4 Å². The molecular formula is C25H34N4O6S. The molecule has 0 bridgehead atoms. The molecule has 10 nitrogen and oxygen atoms in total. The van der Waals surface area contributed by atoms with Crippen molar-refractivity contribution in [3.63, 3.8) is 0 Å². The van der Waals surface area contributed by atoms with Gasteiger partial charge in [-0.1, -0.05) is 25.1 Å². The second kappa shape index (κ2) is 11.6. The minimum Gasteiger partial charge on any atom is -0.488 e. The minimum atomic E-state index is -3.51. The molecule has 3 atom stereocenters. The number of ether oxygens (including phenoxy) is 1. The second-order valence-electron chi connectivity index (χ2n) is 9.26. The number of nitrogens with zero attached hydrogens (tertiary/aromatic N) is 2. The molecule has 0 spiro atoms. The number of carbonyl (C=O) groups is 2. The molecule has 0 aromatic heterocycles. The highest BCUT2D eigenvalue weighted by Crippen LogP contribution is 2.29. The molecular weight excluding hydrogens is 484 g/mol. The lowest BCUT2D eigenvalue weighted by Gasteiger charge is -2.34. The Labute approximate surface area is 212 Å². The van der Waals surface area contributed by atoms with Gasteiger partial charge >= 0.3 is 6.03 Å². The summed E-state index contributed by atoms with van der Waals surface area (Å²) in [6, 6.07) is 13.2. The maximum atomic E-state index is 13.2. The number of urea groups is 1. The zero-order valence-corrected chi connectivity index (χ0v) is 21.8. The van der Waals surface area contributed by atoms with Crippen LogP contribution >= 0.6 is 0 Å². The molecule has 1 aliphatic heterocycles. The van der Waals surface area contributed by atoms with Crippen molar-refractivity contribution in [3.05, 3.63) is 54.1 Å². The Hall–Kier alpha value is -3.31. The monoisotopic (exact) mass is 518 g/mol. The Morgan fingerprint density at radius 1 is 1.22 bits per heavy atom. The Morgan fingerprint density at radius 2 is 1.92 bits per heavy atom. The van der Waals surface area contributed by atoms with Crippen molar-refractivity contribution >= 4 is 33.3 Å². The zero-order valence-electron chi connectivity index (χ0n) is 21.0. The third-order valence-corrected chi connectivity index (χ3v) is 6.65. The van der Waals surface area contributed by atoms with Crippen molar-refractivity contribution < 1.29 is 27.9 Å². The van der Waals surface area contributed by atoms with Crippen molar-refractivity contribution in [2.45, 2.75) is 32.4 Å². The number of hydrogen-bond donors (Lipinski definition) is 3. The number of fused-ring (bicyclic) bond motifs is 1. The molecule has 36 heavy (non-hydrogen) atoms. The van der Waals surface area contributed by atoms with Crippen LogP contribution in [0.2, 0.25) is 0 Å². The Bertz CT molecular complexity index is 1170. The van der Waals surface area contributed by atoms with E-state index in [0.29, 0.717) is 29.2 Å². The highest BCUT2D eigenvalue weighted by Gasteiger charge is 2.32. The summed E-state index contributed by atoms with van der Waals surface area (Å²) in [6.07, 6.45) is 0.543. The van der Waals surface area contributed by atoms with Crippen LogP contribution < -0.4 is 14.8 Å². The van der Waals surface area contributed by atoms with Crippen LogP contribution in [0, 0.1) is 5.92 Å². The average Bonchev–Trinajstić information content (AvgIpc) is 2.86. The van der Waals surface area contributed by atoms with Crippen LogP contribution in [0.1, 0.15) is 19.4 Å². The molecule has 1 heterocycles. The Kier molecular flexibility index (Phi) is 8.80. The van der Waals surface area contributed by atoms with Crippen LogP contribution in [0.4, 0.5) is 16.2 Å². The normalized spacial score (nSPS) is 19.1. The van der Waals surface area contributed by atoms with Gasteiger partial charge in [-0.2, -0.15) is 0 Å². The number of para-hydroxylation sites is 1. The largest absolute Gasteiger partial charge is 0.488 e. The summed E-state index contributed by atoms with van der Waals surface area (Å²) in [6.45, 7) is 4.05. The van der Waals surface area contributed by atoms with Crippen LogP contribution in [0.25, 0.3) is 0 Å². The van der Waals surface area contributed by atoms with E-state index >= 15 is 0 Å². The smallest absolute Gasteiger partial charge is 0.321 e. The van der Waals surface area contributed by atoms with Gasteiger partial charge in [0.1, 0.15) is 11.9 Å². The second-order valence-corrected chi connectivity index (χ2v) is 11.0. The molecule has 196 valence electrons. The first kappa shape index (κ1) is 27.3. The third-order valence-electron chi connectivity index (χ3n) is 6.05. The summed E-state index contributed by atoms with van der Waals surface area (Å²) in [5.41, 5.74) is 1.50. The van der Waals surface area contributed by atoms with Gasteiger partial charge in [0.05, 0.1) is 31.9 Å². The molecule has 2 aromatic rings. The summed E-state index contributed by atoms with van der Waals surface area (Å²) in [7, 11) is -1.84. The van der Waals surface area contributed by atoms with Gasteiger partial charge in [0, 0.05) is 36.4 Å². The van der Waals surface area contributed by atoms with E-state index < -0.39 is 22.2 Å². The number of sulfonamides is 1. The average molecular weight is 519 g/mol. The fourth-order valence-electron chi connectivity index (χ4n) is 4.02. The summed E-state index contributed by atoms with van der Waals surface area (Å²) in [4.78, 5) is 29.1. The number of anilines is 2. The number of aliphatic hydroxyl groups excluding tert-OH is 1.